The number of thiocarbonyl (C=S) groups is 1. The van der Waals surface area contributed by atoms with Gasteiger partial charge < -0.3 is 20.3 Å². The van der Waals surface area contributed by atoms with E-state index in [1.807, 2.05) is 24.3 Å². The van der Waals surface area contributed by atoms with E-state index in [2.05, 4.69) is 35.7 Å². The number of aromatic nitrogens is 4. The van der Waals surface area contributed by atoms with Gasteiger partial charge in [0.25, 0.3) is 0 Å². The Balaban J connectivity index is 1.31. The van der Waals surface area contributed by atoms with E-state index in [1.54, 1.807) is 19.6 Å². The number of nitrogens with zero attached hydrogens (tertiary/aromatic N) is 4. The van der Waals surface area contributed by atoms with Crippen LogP contribution in [0.15, 0.2) is 36.8 Å². The molecule has 1 aliphatic rings. The first kappa shape index (κ1) is 17.5. The van der Waals surface area contributed by atoms with Gasteiger partial charge in [-0.2, -0.15) is 5.10 Å². The molecule has 0 atom stereocenters. The Morgan fingerprint density at radius 2 is 2.00 bits per heavy atom. The molecule has 0 saturated carbocycles. The minimum Gasteiger partial charge on any atom is -0.497 e. The predicted molar refractivity (Wildman–Crippen MR) is 109 cm³/mol. The first-order valence-electron chi connectivity index (χ1n) is 8.83. The quantitative estimate of drug-likeness (QED) is 0.593. The Hall–Kier alpha value is -2.94. The molecule has 27 heavy (non-hydrogen) atoms. The zero-order valence-electron chi connectivity index (χ0n) is 15.0. The monoisotopic (exact) mass is 383 g/mol. The summed E-state index contributed by atoms with van der Waals surface area (Å²) >= 11 is 5.57. The number of benzene rings is 1. The van der Waals surface area contributed by atoms with Crippen LogP contribution in [-0.4, -0.2) is 56.4 Å². The molecule has 0 radical (unpaired) electrons. The van der Waals surface area contributed by atoms with Crippen LogP contribution in [0.3, 0.4) is 0 Å². The highest BCUT2D eigenvalue weighted by atomic mass is 32.1. The van der Waals surface area contributed by atoms with Crippen molar-refractivity contribution in [2.45, 2.75) is 18.9 Å². The van der Waals surface area contributed by atoms with E-state index in [-0.39, 0.29) is 0 Å². The normalized spacial score (nSPS) is 14.9. The third-order valence-corrected chi connectivity index (χ3v) is 5.07. The summed E-state index contributed by atoms with van der Waals surface area (Å²) in [7, 11) is 1.66. The Morgan fingerprint density at radius 3 is 2.74 bits per heavy atom. The van der Waals surface area contributed by atoms with E-state index in [4.69, 9.17) is 17.0 Å². The van der Waals surface area contributed by atoms with Gasteiger partial charge in [-0.05, 0) is 49.3 Å². The molecule has 0 spiro atoms. The number of fused-ring (bicyclic) bond motifs is 1. The van der Waals surface area contributed by atoms with Gasteiger partial charge in [-0.3, -0.25) is 5.10 Å². The first-order chi connectivity index (χ1) is 13.2. The van der Waals surface area contributed by atoms with Crippen molar-refractivity contribution in [3.63, 3.8) is 0 Å². The number of rotatable bonds is 4. The van der Waals surface area contributed by atoms with Crippen LogP contribution < -0.4 is 15.4 Å². The number of methoxy groups -OCH3 is 1. The Labute approximate surface area is 162 Å². The summed E-state index contributed by atoms with van der Waals surface area (Å²) in [5.74, 6) is 1.65. The van der Waals surface area contributed by atoms with Crippen molar-refractivity contribution in [2.75, 3.05) is 30.8 Å². The minimum atomic E-state index is 0.345. The lowest BCUT2D eigenvalue weighted by molar-refractivity contribution is 0.327. The molecule has 0 bridgehead atoms. The van der Waals surface area contributed by atoms with Crippen LogP contribution in [0.2, 0.25) is 0 Å². The molecule has 2 aromatic heterocycles. The number of H-pyrrole nitrogens is 1. The molecule has 140 valence electrons. The van der Waals surface area contributed by atoms with Gasteiger partial charge in [0.2, 0.25) is 0 Å². The predicted octanol–water partition coefficient (Wildman–Crippen LogP) is 2.63. The number of hydrogen-bond donors (Lipinski definition) is 3. The number of hydrogen-bond acceptors (Lipinski definition) is 6. The molecule has 0 unspecified atom stereocenters. The van der Waals surface area contributed by atoms with Gasteiger partial charge in [0.1, 0.15) is 17.9 Å². The summed E-state index contributed by atoms with van der Waals surface area (Å²) in [6, 6.07) is 8.10. The zero-order valence-corrected chi connectivity index (χ0v) is 15.8. The van der Waals surface area contributed by atoms with E-state index in [0.29, 0.717) is 6.04 Å². The molecule has 8 nitrogen and oxygen atoms in total. The van der Waals surface area contributed by atoms with Crippen LogP contribution >= 0.6 is 12.2 Å². The Kier molecular flexibility index (Phi) is 5.01. The van der Waals surface area contributed by atoms with Crippen molar-refractivity contribution >= 4 is 39.9 Å². The number of piperidine rings is 1. The Morgan fingerprint density at radius 1 is 1.22 bits per heavy atom. The van der Waals surface area contributed by atoms with Gasteiger partial charge >= 0.3 is 0 Å². The van der Waals surface area contributed by atoms with E-state index in [0.717, 1.165) is 59.3 Å². The fourth-order valence-electron chi connectivity index (χ4n) is 3.18. The third kappa shape index (κ3) is 3.92. The van der Waals surface area contributed by atoms with E-state index in [1.165, 1.54) is 0 Å². The average Bonchev–Trinajstić information content (AvgIpc) is 3.19. The van der Waals surface area contributed by atoms with E-state index >= 15 is 0 Å². The number of nitrogens with one attached hydrogen (secondary N) is 3. The lowest BCUT2D eigenvalue weighted by Gasteiger charge is -2.34. The second kappa shape index (κ2) is 7.75. The van der Waals surface area contributed by atoms with Gasteiger partial charge in [0.05, 0.1) is 18.7 Å². The molecule has 0 amide bonds. The molecule has 1 aromatic carbocycles. The molecule has 9 heteroatoms. The molecule has 3 heterocycles. The molecule has 3 aromatic rings. The molecule has 4 rings (SSSR count). The van der Waals surface area contributed by atoms with E-state index in [9.17, 15) is 0 Å². The van der Waals surface area contributed by atoms with Crippen LogP contribution in [0, 0.1) is 0 Å². The lowest BCUT2D eigenvalue weighted by atomic mass is 10.1. The van der Waals surface area contributed by atoms with Gasteiger partial charge in [0, 0.05) is 24.8 Å². The maximum absolute atomic E-state index is 5.57. The summed E-state index contributed by atoms with van der Waals surface area (Å²) in [5, 5.41) is 15.4. The van der Waals surface area contributed by atoms with Gasteiger partial charge in [-0.1, -0.05) is 0 Å². The maximum atomic E-state index is 5.57. The fourth-order valence-corrected chi connectivity index (χ4v) is 3.48. The zero-order chi connectivity index (χ0) is 18.6. The summed E-state index contributed by atoms with van der Waals surface area (Å²) in [5.41, 5.74) is 1.71. The molecule has 3 N–H and O–H groups in total. The highest BCUT2D eigenvalue weighted by Crippen LogP contribution is 2.21. The van der Waals surface area contributed by atoms with Crippen LogP contribution in [0.1, 0.15) is 12.8 Å². The second-order valence-corrected chi connectivity index (χ2v) is 6.81. The SMILES string of the molecule is COc1ccc(NC(=S)N2CCC(Nc3ncnc4[nH]ncc34)CC2)cc1. The number of anilines is 2. The fraction of sp³-hybridized carbons (Fsp3) is 0.333. The second-order valence-electron chi connectivity index (χ2n) is 6.42. The van der Waals surface area contributed by atoms with Crippen molar-refractivity contribution < 1.29 is 4.74 Å². The number of aromatic amines is 1. The molecule has 1 aliphatic heterocycles. The maximum Gasteiger partial charge on any atom is 0.173 e. The molecule has 0 aliphatic carbocycles. The molecule has 1 fully saturated rings. The Bertz CT molecular complexity index is 919. The smallest absolute Gasteiger partial charge is 0.173 e. The van der Waals surface area contributed by atoms with Gasteiger partial charge in [-0.25, -0.2) is 9.97 Å². The van der Waals surface area contributed by atoms with Crippen LogP contribution in [0.25, 0.3) is 11.0 Å². The largest absolute Gasteiger partial charge is 0.497 e. The van der Waals surface area contributed by atoms with Gasteiger partial charge in [-0.15, -0.1) is 0 Å². The van der Waals surface area contributed by atoms with Crippen molar-refractivity contribution in [1.82, 2.24) is 25.1 Å². The van der Waals surface area contributed by atoms with Crippen LogP contribution in [0.4, 0.5) is 11.5 Å². The summed E-state index contributed by atoms with van der Waals surface area (Å²) in [6.07, 6.45) is 5.26. The highest BCUT2D eigenvalue weighted by molar-refractivity contribution is 7.80. The number of likely N-dealkylation sites (tertiary alicyclic amines) is 1. The third-order valence-electron chi connectivity index (χ3n) is 4.71. The van der Waals surface area contributed by atoms with E-state index < -0.39 is 0 Å². The van der Waals surface area contributed by atoms with Crippen LogP contribution in [0.5, 0.6) is 5.75 Å². The van der Waals surface area contributed by atoms with Crippen molar-refractivity contribution in [3.05, 3.63) is 36.8 Å². The summed E-state index contributed by atoms with van der Waals surface area (Å²) in [6.45, 7) is 1.78. The highest BCUT2D eigenvalue weighted by Gasteiger charge is 2.22. The van der Waals surface area contributed by atoms with Crippen LogP contribution in [-0.2, 0) is 0 Å². The minimum absolute atomic E-state index is 0.345. The standard InChI is InChI=1S/C18H21N7OS/c1-26-14-4-2-12(3-5-14)23-18(27)25-8-6-13(7-9-25)22-16-15-10-21-24-17(15)20-11-19-16/h2-5,10-11,13H,6-9H2,1H3,(H,23,27)(H2,19,20,21,22,24). The van der Waals surface area contributed by atoms with Crippen molar-refractivity contribution in [3.8, 4) is 5.75 Å². The number of ether oxygens (including phenoxy) is 1. The summed E-state index contributed by atoms with van der Waals surface area (Å²) < 4.78 is 5.18. The average molecular weight is 383 g/mol. The first-order valence-corrected chi connectivity index (χ1v) is 9.24. The summed E-state index contributed by atoms with van der Waals surface area (Å²) in [4.78, 5) is 10.7. The molecular weight excluding hydrogens is 362 g/mol. The van der Waals surface area contributed by atoms with Crippen molar-refractivity contribution in [1.29, 1.82) is 0 Å². The topological polar surface area (TPSA) is 91.0 Å². The molecule has 1 saturated heterocycles. The lowest BCUT2D eigenvalue weighted by Crippen LogP contribution is -2.44. The molecular formula is C18H21N7OS. The van der Waals surface area contributed by atoms with Crippen molar-refractivity contribution in [2.24, 2.45) is 0 Å². The van der Waals surface area contributed by atoms with Gasteiger partial charge in [0.15, 0.2) is 10.8 Å².